The lowest BCUT2D eigenvalue weighted by molar-refractivity contribution is -0.274. The Morgan fingerprint density at radius 2 is 2.27 bits per heavy atom. The van der Waals surface area contributed by atoms with Crippen LogP contribution in [0.2, 0.25) is 0 Å². The molecule has 0 spiro atoms. The molecule has 0 saturated heterocycles. The van der Waals surface area contributed by atoms with E-state index in [1.165, 1.54) is 11.3 Å². The Balaban J connectivity index is 2.71. The van der Waals surface area contributed by atoms with Crippen molar-refractivity contribution in [3.05, 3.63) is 23.0 Å². The predicted molar refractivity (Wildman–Crippen MR) is 54.5 cm³/mol. The summed E-state index contributed by atoms with van der Waals surface area (Å²) in [7, 11) is 0. The normalized spacial score (nSPS) is 9.80. The van der Waals surface area contributed by atoms with Gasteiger partial charge in [0.25, 0.3) is 0 Å². The average Bonchev–Trinajstić information content (AvgIpc) is 2.69. The summed E-state index contributed by atoms with van der Waals surface area (Å²) >= 11 is 6.01. The lowest BCUT2D eigenvalue weighted by Gasteiger charge is -2.14. The van der Waals surface area contributed by atoms with Gasteiger partial charge < -0.3 is 17.7 Å². The third-order valence-electron chi connectivity index (χ3n) is 1.58. The van der Waals surface area contributed by atoms with E-state index in [4.69, 9.17) is 19.2 Å². The van der Waals surface area contributed by atoms with Gasteiger partial charge in [0.2, 0.25) is 5.69 Å². The number of hydrogen-bond acceptors (Lipinski definition) is 6. The molecule has 0 radical (unpaired) electrons. The van der Waals surface area contributed by atoms with Crippen molar-refractivity contribution in [2.24, 2.45) is 0 Å². The molecule has 5 nitrogen and oxygen atoms in total. The molecule has 2 aromatic heterocycles. The quantitative estimate of drug-likeness (QED) is 0.420. The number of thiazole rings is 1. The third kappa shape index (κ3) is 1.72. The first-order valence-corrected chi connectivity index (χ1v) is 5.04. The van der Waals surface area contributed by atoms with Gasteiger partial charge in [-0.2, -0.15) is 0 Å². The number of hydrogen-bond donors (Lipinski definition) is 0. The van der Waals surface area contributed by atoms with Gasteiger partial charge in [-0.1, -0.05) is 0 Å². The Bertz CT molecular complexity index is 532. The molecule has 2 aromatic rings. The molecule has 0 unspecified atom stereocenters. The Kier molecular flexibility index (Phi) is 2.45. The van der Waals surface area contributed by atoms with Crippen LogP contribution >= 0.6 is 11.3 Å². The van der Waals surface area contributed by atoms with Gasteiger partial charge in [-0.05, 0) is 5.88 Å². The van der Waals surface area contributed by atoms with Crippen molar-refractivity contribution < 1.29 is 5.11 Å². The van der Waals surface area contributed by atoms with Crippen molar-refractivity contribution in [2.45, 2.75) is 5.16 Å². The van der Waals surface area contributed by atoms with E-state index in [-0.39, 0.29) is 16.5 Å². The third-order valence-corrected chi connectivity index (χ3v) is 2.54. The molecule has 0 bridgehead atoms. The first-order chi connectivity index (χ1) is 7.22. The van der Waals surface area contributed by atoms with Crippen LogP contribution < -0.4 is 5.11 Å². The zero-order chi connectivity index (χ0) is 10.8. The minimum atomic E-state index is -0.643. The highest BCUT2D eigenvalue weighted by molar-refractivity contribution is 7.58. The molecule has 0 fully saturated rings. The number of rotatable bonds is 1. The average molecular weight is 234 g/mol. The predicted octanol–water partition coefficient (Wildman–Crippen LogP) is 1.13. The fraction of sp³-hybridized carbons (Fsp3) is 0. The molecule has 0 atom stereocenters. The summed E-state index contributed by atoms with van der Waals surface area (Å²) < 4.78 is 0. The highest BCUT2D eigenvalue weighted by Crippen LogP contribution is 2.34. The molecule has 0 aromatic carbocycles. The van der Waals surface area contributed by atoms with Crippen molar-refractivity contribution in [2.75, 3.05) is 0 Å². The fourth-order valence-corrected chi connectivity index (χ4v) is 1.81. The molecule has 0 amide bonds. The van der Waals surface area contributed by atoms with Gasteiger partial charge in [-0.25, -0.2) is 9.83 Å². The van der Waals surface area contributed by atoms with Crippen LogP contribution in [0.5, 0.6) is 5.88 Å². The zero-order valence-corrected chi connectivity index (χ0v) is 8.80. The molecule has 7 heteroatoms. The smallest absolute Gasteiger partial charge is 0.225 e. The first kappa shape index (κ1) is 9.76. The van der Waals surface area contributed by atoms with E-state index in [2.05, 4.69) is 19.8 Å². The summed E-state index contributed by atoms with van der Waals surface area (Å²) in [6, 6.07) is 0. The molecule has 0 aliphatic heterocycles. The Hall–Kier alpha value is -1.78. The summed E-state index contributed by atoms with van der Waals surface area (Å²) in [4.78, 5) is 14.4. The maximum absolute atomic E-state index is 11.3. The second-order valence-electron chi connectivity index (χ2n) is 2.46. The highest BCUT2D eigenvalue weighted by atomic mass is 32.1. The molecule has 2 rings (SSSR count). The van der Waals surface area contributed by atoms with Crippen LogP contribution in [-0.2, 0) is 12.6 Å². The van der Waals surface area contributed by atoms with Gasteiger partial charge in [-0.3, -0.25) is 9.97 Å². The zero-order valence-electron chi connectivity index (χ0n) is 7.17. The van der Waals surface area contributed by atoms with Crippen LogP contribution in [0.15, 0.2) is 16.7 Å². The first-order valence-electron chi connectivity index (χ1n) is 3.75. The Morgan fingerprint density at radius 3 is 2.87 bits per heavy atom. The van der Waals surface area contributed by atoms with Gasteiger partial charge in [-0.15, -0.1) is 11.3 Å². The molecular formula is C8H2N4OS2-2. The second-order valence-corrected chi connectivity index (χ2v) is 3.72. The van der Waals surface area contributed by atoms with Crippen LogP contribution in [-0.4, -0.2) is 15.0 Å². The largest absolute Gasteiger partial charge is 0.867 e. The highest BCUT2D eigenvalue weighted by Gasteiger charge is 2.10. The SMILES string of the molecule is [C-]#[N+]c1c([O-])nc([S-])nc1-c1nccs1. The summed E-state index contributed by atoms with van der Waals surface area (Å²) in [6.07, 6.45) is 1.57. The summed E-state index contributed by atoms with van der Waals surface area (Å²) in [5.41, 5.74) is 0.101. The van der Waals surface area contributed by atoms with Gasteiger partial charge in [0, 0.05) is 16.7 Å². The van der Waals surface area contributed by atoms with E-state index in [0.717, 1.165) is 0 Å². The lowest BCUT2D eigenvalue weighted by Crippen LogP contribution is -1.99. The molecular weight excluding hydrogens is 232 g/mol. The molecule has 74 valence electrons. The maximum Gasteiger partial charge on any atom is 0.225 e. The molecule has 0 aliphatic carbocycles. The topological polar surface area (TPSA) is 66.1 Å². The molecule has 0 aliphatic rings. The summed E-state index contributed by atoms with van der Waals surface area (Å²) in [5, 5.41) is 13.5. The minimum Gasteiger partial charge on any atom is -0.867 e. The molecule has 0 saturated carbocycles. The molecule has 15 heavy (non-hydrogen) atoms. The van der Waals surface area contributed by atoms with E-state index < -0.39 is 5.88 Å². The van der Waals surface area contributed by atoms with Crippen LogP contribution in [0, 0.1) is 6.57 Å². The van der Waals surface area contributed by atoms with E-state index in [1.54, 1.807) is 11.6 Å². The van der Waals surface area contributed by atoms with E-state index in [1.807, 2.05) is 0 Å². The van der Waals surface area contributed by atoms with E-state index in [9.17, 15) is 5.11 Å². The van der Waals surface area contributed by atoms with E-state index >= 15 is 0 Å². The van der Waals surface area contributed by atoms with Crippen molar-refractivity contribution in [1.82, 2.24) is 15.0 Å². The Morgan fingerprint density at radius 1 is 1.47 bits per heavy atom. The molecule has 0 N–H and O–H groups in total. The van der Waals surface area contributed by atoms with Crippen molar-refractivity contribution in [3.8, 4) is 16.6 Å². The van der Waals surface area contributed by atoms with Crippen molar-refractivity contribution >= 4 is 29.7 Å². The van der Waals surface area contributed by atoms with Crippen molar-refractivity contribution in [1.29, 1.82) is 0 Å². The standard InChI is InChI=1S/C8H4N4OS2/c1-9-4-5(7-10-2-3-15-7)11-8(14)12-6(4)13/h2-3H,(H2,11,12,13,14)/p-2. The minimum absolute atomic E-state index is 0.0578. The van der Waals surface area contributed by atoms with Crippen LogP contribution in [0.25, 0.3) is 15.5 Å². The second kappa shape index (κ2) is 3.76. The van der Waals surface area contributed by atoms with Gasteiger partial charge >= 0.3 is 0 Å². The van der Waals surface area contributed by atoms with E-state index in [0.29, 0.717) is 5.01 Å². The lowest BCUT2D eigenvalue weighted by atomic mass is 10.3. The van der Waals surface area contributed by atoms with Gasteiger partial charge in [0.15, 0.2) is 0 Å². The fourth-order valence-electron chi connectivity index (χ4n) is 1.00. The molecule has 2 heterocycles. The monoisotopic (exact) mass is 234 g/mol. The van der Waals surface area contributed by atoms with Crippen molar-refractivity contribution in [3.63, 3.8) is 0 Å². The number of nitrogens with zero attached hydrogens (tertiary/aromatic N) is 4. The van der Waals surface area contributed by atoms with Crippen LogP contribution in [0.4, 0.5) is 5.69 Å². The van der Waals surface area contributed by atoms with Gasteiger partial charge in [0.05, 0.1) is 6.57 Å². The Labute approximate surface area is 94.7 Å². The van der Waals surface area contributed by atoms with Crippen LogP contribution in [0.3, 0.4) is 0 Å². The number of aromatic nitrogens is 3. The maximum atomic E-state index is 11.3. The summed E-state index contributed by atoms with van der Waals surface area (Å²) in [6.45, 7) is 6.89. The summed E-state index contributed by atoms with van der Waals surface area (Å²) in [5.74, 6) is -0.643. The van der Waals surface area contributed by atoms with Gasteiger partial charge in [0.1, 0.15) is 10.7 Å². The van der Waals surface area contributed by atoms with Crippen LogP contribution in [0.1, 0.15) is 0 Å².